The number of carbonyl (C=O) groups is 2. The number of carbonyl (C=O) groups excluding carboxylic acids is 2. The second-order valence-corrected chi connectivity index (χ2v) is 12.4. The van der Waals surface area contributed by atoms with Gasteiger partial charge >= 0.3 is 0 Å². The fourth-order valence-electron chi connectivity index (χ4n) is 4.02. The van der Waals surface area contributed by atoms with Crippen LogP contribution in [0.1, 0.15) is 47.2 Å². The highest BCUT2D eigenvalue weighted by atomic mass is 35.5. The molecular weight excluding hydrogens is 556 g/mol. The Kier molecular flexibility index (Phi) is 8.58. The SMILES string of the molecule is COC1=C(NS(C)=O)CC=C(C(C)(C)C)C=C1NC(=O)c1cc2cccc(NC(=O)c3ccc(Cl)nc3)c2s1. The van der Waals surface area contributed by atoms with Crippen molar-refractivity contribution in [2.45, 2.75) is 27.2 Å². The molecule has 1 aliphatic rings. The number of hydrogen-bond donors (Lipinski definition) is 3. The molecular formula is C28H29ClN4O4S2. The number of nitrogens with one attached hydrogen (secondary N) is 3. The molecule has 2 aromatic heterocycles. The highest BCUT2D eigenvalue weighted by molar-refractivity contribution is 7.82. The summed E-state index contributed by atoms with van der Waals surface area (Å²) in [6, 6.07) is 10.4. The molecule has 0 spiro atoms. The van der Waals surface area contributed by atoms with Crippen molar-refractivity contribution in [3.63, 3.8) is 0 Å². The van der Waals surface area contributed by atoms with Crippen molar-refractivity contribution in [1.29, 1.82) is 0 Å². The summed E-state index contributed by atoms with van der Waals surface area (Å²) in [5.41, 5.74) is 2.84. The van der Waals surface area contributed by atoms with Gasteiger partial charge in [0, 0.05) is 18.9 Å². The van der Waals surface area contributed by atoms with Gasteiger partial charge in [0.1, 0.15) is 16.1 Å². The monoisotopic (exact) mass is 584 g/mol. The van der Waals surface area contributed by atoms with Gasteiger partial charge in [-0.3, -0.25) is 9.59 Å². The summed E-state index contributed by atoms with van der Waals surface area (Å²) < 4.78 is 21.3. The second-order valence-electron chi connectivity index (χ2n) is 9.85. The Morgan fingerprint density at radius 1 is 1.13 bits per heavy atom. The van der Waals surface area contributed by atoms with E-state index in [1.165, 1.54) is 24.6 Å². The number of methoxy groups -OCH3 is 1. The number of pyridine rings is 1. The highest BCUT2D eigenvalue weighted by Crippen LogP contribution is 2.35. The fraction of sp³-hybridized carbons (Fsp3) is 0.250. The van der Waals surface area contributed by atoms with E-state index in [0.29, 0.717) is 44.9 Å². The summed E-state index contributed by atoms with van der Waals surface area (Å²) in [4.78, 5) is 30.7. The van der Waals surface area contributed by atoms with Crippen LogP contribution in [0, 0.1) is 5.41 Å². The third kappa shape index (κ3) is 6.76. The second kappa shape index (κ2) is 11.7. The van der Waals surface area contributed by atoms with Crippen LogP contribution in [0.3, 0.4) is 0 Å². The highest BCUT2D eigenvalue weighted by Gasteiger charge is 2.25. The molecule has 3 N–H and O–H groups in total. The number of aromatic nitrogens is 1. The van der Waals surface area contributed by atoms with E-state index in [4.69, 9.17) is 16.3 Å². The quantitative estimate of drug-likeness (QED) is 0.298. The lowest BCUT2D eigenvalue weighted by atomic mass is 9.85. The number of fused-ring (bicyclic) bond motifs is 1. The van der Waals surface area contributed by atoms with Crippen LogP contribution in [0.2, 0.25) is 5.15 Å². The molecule has 2 amide bonds. The standard InChI is InChI=1S/C28H29ClN4O4S2/c1-28(2,3)18-10-11-19(33-39(5)36)24(37-4)21(14-18)32-27(35)22-13-16-7-6-8-20(25(16)38-22)31-26(34)17-9-12-23(29)30-15-17/h6-10,12-15,33H,11H2,1-5H3,(H,31,34)(H,32,35). The molecule has 4 rings (SSSR count). The van der Waals surface area contributed by atoms with Gasteiger partial charge in [0.25, 0.3) is 11.8 Å². The molecule has 0 saturated carbocycles. The van der Waals surface area contributed by atoms with Gasteiger partial charge in [0.15, 0.2) is 5.76 Å². The fourth-order valence-corrected chi connectivity index (χ4v) is 5.68. The van der Waals surface area contributed by atoms with Gasteiger partial charge in [0.2, 0.25) is 0 Å². The predicted octanol–water partition coefficient (Wildman–Crippen LogP) is 5.93. The Balaban J connectivity index is 1.65. The first-order valence-corrected chi connectivity index (χ1v) is 14.8. The van der Waals surface area contributed by atoms with Crippen molar-refractivity contribution < 1.29 is 18.5 Å². The van der Waals surface area contributed by atoms with Crippen LogP contribution in [0.15, 0.2) is 77.5 Å². The molecule has 8 nitrogen and oxygen atoms in total. The van der Waals surface area contributed by atoms with Gasteiger partial charge in [-0.2, -0.15) is 0 Å². The summed E-state index contributed by atoms with van der Waals surface area (Å²) in [7, 11) is 0.194. The lowest BCUT2D eigenvalue weighted by Crippen LogP contribution is -2.26. The lowest BCUT2D eigenvalue weighted by Gasteiger charge is -2.21. The van der Waals surface area contributed by atoms with E-state index in [2.05, 4.69) is 41.1 Å². The summed E-state index contributed by atoms with van der Waals surface area (Å²) in [6.07, 6.45) is 7.35. The van der Waals surface area contributed by atoms with Crippen LogP contribution in [-0.4, -0.2) is 34.4 Å². The number of hydrogen-bond acceptors (Lipinski definition) is 6. The molecule has 0 saturated heterocycles. The van der Waals surface area contributed by atoms with Crippen molar-refractivity contribution in [3.05, 3.63) is 93.1 Å². The number of amides is 2. The minimum atomic E-state index is -1.32. The van der Waals surface area contributed by atoms with Crippen molar-refractivity contribution in [2.75, 3.05) is 18.7 Å². The van der Waals surface area contributed by atoms with Gasteiger partial charge in [-0.1, -0.05) is 50.6 Å². The Morgan fingerprint density at radius 3 is 2.54 bits per heavy atom. The maximum atomic E-state index is 13.5. The van der Waals surface area contributed by atoms with Gasteiger partial charge in [-0.15, -0.1) is 11.3 Å². The van der Waals surface area contributed by atoms with Crippen LogP contribution in [0.4, 0.5) is 5.69 Å². The third-order valence-corrected chi connectivity index (χ3v) is 7.88. The topological polar surface area (TPSA) is 109 Å². The van der Waals surface area contributed by atoms with Crippen molar-refractivity contribution in [1.82, 2.24) is 15.0 Å². The van der Waals surface area contributed by atoms with E-state index in [1.807, 2.05) is 24.3 Å². The number of nitrogens with zero attached hydrogens (tertiary/aromatic N) is 1. The zero-order valence-electron chi connectivity index (χ0n) is 22.2. The van der Waals surface area contributed by atoms with E-state index < -0.39 is 11.0 Å². The largest absolute Gasteiger partial charge is 0.493 e. The van der Waals surface area contributed by atoms with Crippen LogP contribution in [-0.2, 0) is 15.7 Å². The molecule has 204 valence electrons. The molecule has 3 aromatic rings. The van der Waals surface area contributed by atoms with Gasteiger partial charge in [-0.05, 0) is 46.7 Å². The lowest BCUT2D eigenvalue weighted by molar-refractivity contribution is 0.0965. The summed E-state index contributed by atoms with van der Waals surface area (Å²) >= 11 is 7.10. The summed E-state index contributed by atoms with van der Waals surface area (Å²) in [6.45, 7) is 6.25. The first kappa shape index (κ1) is 28.5. The Bertz CT molecular complexity index is 1550. The normalized spacial score (nSPS) is 14.7. The number of benzene rings is 1. The Morgan fingerprint density at radius 2 is 1.90 bits per heavy atom. The maximum absolute atomic E-state index is 13.5. The van der Waals surface area contributed by atoms with E-state index in [0.717, 1.165) is 15.7 Å². The van der Waals surface area contributed by atoms with Gasteiger partial charge in [-0.25, -0.2) is 9.19 Å². The van der Waals surface area contributed by atoms with Crippen LogP contribution < -0.4 is 15.4 Å². The zero-order chi connectivity index (χ0) is 28.3. The molecule has 11 heteroatoms. The molecule has 2 heterocycles. The van der Waals surface area contributed by atoms with Crippen molar-refractivity contribution in [3.8, 4) is 0 Å². The smallest absolute Gasteiger partial charge is 0.265 e. The molecule has 0 fully saturated rings. The van der Waals surface area contributed by atoms with Gasteiger partial charge < -0.3 is 20.1 Å². The molecule has 1 aromatic carbocycles. The van der Waals surface area contributed by atoms with Gasteiger partial charge in [0.05, 0.1) is 39.3 Å². The van der Waals surface area contributed by atoms with Crippen molar-refractivity contribution in [2.24, 2.45) is 5.41 Å². The minimum Gasteiger partial charge on any atom is -0.493 e. The van der Waals surface area contributed by atoms with E-state index in [1.54, 1.807) is 30.5 Å². The van der Waals surface area contributed by atoms with E-state index >= 15 is 0 Å². The summed E-state index contributed by atoms with van der Waals surface area (Å²) in [5, 5.41) is 7.01. The van der Waals surface area contributed by atoms with E-state index in [-0.39, 0.29) is 17.2 Å². The number of allylic oxidation sites excluding steroid dienone is 3. The molecule has 1 atom stereocenters. The number of thiophene rings is 1. The number of anilines is 1. The number of halogens is 1. The number of ether oxygens (including phenoxy) is 1. The third-order valence-electron chi connectivity index (χ3n) is 5.94. The first-order chi connectivity index (χ1) is 18.5. The zero-order valence-corrected chi connectivity index (χ0v) is 24.6. The molecule has 1 unspecified atom stereocenters. The molecule has 0 aliphatic heterocycles. The maximum Gasteiger partial charge on any atom is 0.265 e. The predicted molar refractivity (Wildman–Crippen MR) is 158 cm³/mol. The summed E-state index contributed by atoms with van der Waals surface area (Å²) in [5.74, 6) is -0.248. The average molecular weight is 585 g/mol. The number of rotatable bonds is 7. The Labute approximate surface area is 238 Å². The Hall–Kier alpha value is -3.47. The van der Waals surface area contributed by atoms with Crippen LogP contribution >= 0.6 is 22.9 Å². The van der Waals surface area contributed by atoms with Crippen LogP contribution in [0.5, 0.6) is 0 Å². The molecule has 0 radical (unpaired) electrons. The van der Waals surface area contributed by atoms with E-state index in [9.17, 15) is 13.8 Å². The first-order valence-electron chi connectivity index (χ1n) is 12.0. The van der Waals surface area contributed by atoms with Crippen LogP contribution in [0.25, 0.3) is 10.1 Å². The molecule has 39 heavy (non-hydrogen) atoms. The average Bonchev–Trinajstić information content (AvgIpc) is 3.23. The van der Waals surface area contributed by atoms with Crippen molar-refractivity contribution >= 4 is 61.5 Å². The minimum absolute atomic E-state index is 0.194. The molecule has 1 aliphatic carbocycles. The molecule has 0 bridgehead atoms.